The molecule has 0 saturated heterocycles. The first-order valence-electron chi connectivity index (χ1n) is 24.5. The summed E-state index contributed by atoms with van der Waals surface area (Å²) in [6, 6.07) is -0.624. The smallest absolute Gasteiger partial charge is 0.220 e. The number of aliphatic hydroxyl groups excluding tert-OH is 2. The number of hydrogen-bond acceptors (Lipinski definition) is 3. The Hall–Kier alpha value is -2.69. The van der Waals surface area contributed by atoms with Crippen LogP contribution < -0.4 is 5.32 Å². The van der Waals surface area contributed by atoms with Gasteiger partial charge in [-0.15, -0.1) is 0 Å². The van der Waals surface area contributed by atoms with Gasteiger partial charge in [0.05, 0.1) is 18.8 Å². The Labute approximate surface area is 360 Å². The number of unbranched alkanes of at least 4 members (excludes halogenated alkanes) is 22. The minimum atomic E-state index is -0.840. The van der Waals surface area contributed by atoms with Gasteiger partial charge < -0.3 is 15.5 Å². The quantitative estimate of drug-likeness (QED) is 0.0425. The topological polar surface area (TPSA) is 69.6 Å². The predicted octanol–water partition coefficient (Wildman–Crippen LogP) is 15.8. The molecule has 0 aromatic rings. The lowest BCUT2D eigenvalue weighted by atomic mass is 10.0. The first kappa shape index (κ1) is 55.3. The lowest BCUT2D eigenvalue weighted by molar-refractivity contribution is -0.123. The van der Waals surface area contributed by atoms with Gasteiger partial charge in [-0.1, -0.05) is 233 Å². The van der Waals surface area contributed by atoms with Crippen LogP contribution in [0.25, 0.3) is 0 Å². The Morgan fingerprint density at radius 2 is 0.759 bits per heavy atom. The molecule has 2 atom stereocenters. The lowest BCUT2D eigenvalue weighted by Gasteiger charge is -2.20. The Morgan fingerprint density at radius 3 is 1.14 bits per heavy atom. The summed E-state index contributed by atoms with van der Waals surface area (Å²) in [4.78, 5) is 12.4. The van der Waals surface area contributed by atoms with Gasteiger partial charge in [-0.2, -0.15) is 0 Å². The van der Waals surface area contributed by atoms with Crippen molar-refractivity contribution in [1.82, 2.24) is 5.32 Å². The number of carbonyl (C=O) groups excluding carboxylic acids is 1. The van der Waals surface area contributed by atoms with Gasteiger partial charge in [0.15, 0.2) is 0 Å². The van der Waals surface area contributed by atoms with Crippen molar-refractivity contribution in [2.45, 2.75) is 231 Å². The van der Waals surface area contributed by atoms with Crippen LogP contribution in [0, 0.1) is 0 Å². The molecule has 0 aliphatic rings. The summed E-state index contributed by atoms with van der Waals surface area (Å²) in [5, 5.41) is 22.9. The standard InChI is InChI=1S/C54H93NO3/c1-3-5-7-9-11-13-14-15-16-17-18-19-20-21-22-23-24-25-26-27-28-29-30-31-32-33-34-35-36-37-38-39-40-42-44-46-48-50-54(58)55-52(51-56)53(57)49-47-45-43-41-12-10-8-6-4-2/h5,7,11,13,15-16,18-19,21-22,24-25,27-28,47,49,52-53,56-57H,3-4,6,8-10,12,14,17,20,23,26,29-46,48,50-51H2,1-2H3,(H,55,58)/b7-5-,13-11-,16-15-,19-18-,22-21-,25-24-,28-27-,49-47+. The molecule has 3 N–H and O–H groups in total. The van der Waals surface area contributed by atoms with E-state index < -0.39 is 12.1 Å². The van der Waals surface area contributed by atoms with Crippen LogP contribution in [0.5, 0.6) is 0 Å². The van der Waals surface area contributed by atoms with Crippen LogP contribution in [0.2, 0.25) is 0 Å². The molecule has 0 fully saturated rings. The zero-order valence-corrected chi connectivity index (χ0v) is 38.0. The molecule has 2 unspecified atom stereocenters. The second-order valence-corrected chi connectivity index (χ2v) is 16.1. The molecule has 0 aromatic carbocycles. The fourth-order valence-electron chi connectivity index (χ4n) is 6.86. The van der Waals surface area contributed by atoms with E-state index in [-0.39, 0.29) is 12.5 Å². The van der Waals surface area contributed by atoms with Crippen molar-refractivity contribution in [3.05, 3.63) is 97.2 Å². The molecular formula is C54H93NO3. The van der Waals surface area contributed by atoms with E-state index in [0.29, 0.717) is 6.42 Å². The highest BCUT2D eigenvalue weighted by molar-refractivity contribution is 5.76. The summed E-state index contributed by atoms with van der Waals surface area (Å²) in [6.07, 6.45) is 72.6. The van der Waals surface area contributed by atoms with Gasteiger partial charge in [-0.25, -0.2) is 0 Å². The molecule has 0 aliphatic heterocycles. The van der Waals surface area contributed by atoms with Crippen LogP contribution in [0.3, 0.4) is 0 Å². The first-order chi connectivity index (χ1) is 28.7. The van der Waals surface area contributed by atoms with Crippen molar-refractivity contribution in [1.29, 1.82) is 0 Å². The number of carbonyl (C=O) groups is 1. The molecule has 4 heteroatoms. The van der Waals surface area contributed by atoms with E-state index in [2.05, 4.69) is 104 Å². The Bertz CT molecular complexity index is 1090. The summed E-state index contributed by atoms with van der Waals surface area (Å²) in [6.45, 7) is 4.16. The fraction of sp³-hybridized carbons (Fsp3) is 0.685. The maximum absolute atomic E-state index is 12.4. The summed E-state index contributed by atoms with van der Waals surface area (Å²) in [5.74, 6) is -0.0702. The maximum atomic E-state index is 12.4. The van der Waals surface area contributed by atoms with Gasteiger partial charge in [-0.3, -0.25) is 4.79 Å². The van der Waals surface area contributed by atoms with E-state index in [9.17, 15) is 15.0 Å². The average Bonchev–Trinajstić information content (AvgIpc) is 3.23. The largest absolute Gasteiger partial charge is 0.394 e. The molecule has 4 nitrogen and oxygen atoms in total. The normalized spacial score (nSPS) is 13.8. The average molecular weight is 804 g/mol. The van der Waals surface area contributed by atoms with Gasteiger partial charge in [-0.05, 0) is 77.0 Å². The Morgan fingerprint density at radius 1 is 0.431 bits per heavy atom. The molecule has 58 heavy (non-hydrogen) atoms. The van der Waals surface area contributed by atoms with Crippen LogP contribution >= 0.6 is 0 Å². The zero-order valence-electron chi connectivity index (χ0n) is 38.0. The van der Waals surface area contributed by atoms with Crippen molar-refractivity contribution < 1.29 is 15.0 Å². The highest BCUT2D eigenvalue weighted by Gasteiger charge is 2.17. The summed E-state index contributed by atoms with van der Waals surface area (Å²) >= 11 is 0. The Kier molecular flexibility index (Phi) is 46.4. The van der Waals surface area contributed by atoms with Crippen molar-refractivity contribution >= 4 is 5.91 Å². The summed E-state index contributed by atoms with van der Waals surface area (Å²) in [5.41, 5.74) is 0. The third-order valence-electron chi connectivity index (χ3n) is 10.6. The number of hydrogen-bond donors (Lipinski definition) is 3. The number of aliphatic hydroxyl groups is 2. The number of amides is 1. The van der Waals surface area contributed by atoms with Gasteiger partial charge in [0.1, 0.15) is 0 Å². The van der Waals surface area contributed by atoms with Crippen molar-refractivity contribution in [3.8, 4) is 0 Å². The van der Waals surface area contributed by atoms with Gasteiger partial charge in [0.2, 0.25) is 5.91 Å². The highest BCUT2D eigenvalue weighted by Crippen LogP contribution is 2.15. The molecular weight excluding hydrogens is 711 g/mol. The van der Waals surface area contributed by atoms with E-state index in [1.165, 1.54) is 128 Å². The van der Waals surface area contributed by atoms with E-state index in [1.807, 2.05) is 6.08 Å². The molecule has 0 aliphatic carbocycles. The lowest BCUT2D eigenvalue weighted by Crippen LogP contribution is -2.45. The van der Waals surface area contributed by atoms with Crippen LogP contribution in [0.15, 0.2) is 97.2 Å². The molecule has 1 amide bonds. The summed E-state index contributed by atoms with van der Waals surface area (Å²) < 4.78 is 0. The van der Waals surface area contributed by atoms with Crippen LogP contribution in [0.1, 0.15) is 219 Å². The van der Waals surface area contributed by atoms with Crippen LogP contribution in [-0.2, 0) is 4.79 Å². The van der Waals surface area contributed by atoms with E-state index >= 15 is 0 Å². The van der Waals surface area contributed by atoms with Crippen molar-refractivity contribution in [2.75, 3.05) is 6.61 Å². The second kappa shape index (κ2) is 48.7. The van der Waals surface area contributed by atoms with Crippen LogP contribution in [-0.4, -0.2) is 34.9 Å². The van der Waals surface area contributed by atoms with Gasteiger partial charge in [0.25, 0.3) is 0 Å². The summed E-state index contributed by atoms with van der Waals surface area (Å²) in [7, 11) is 0. The molecule has 332 valence electrons. The predicted molar refractivity (Wildman–Crippen MR) is 257 cm³/mol. The highest BCUT2D eigenvalue weighted by atomic mass is 16.3. The first-order valence-corrected chi connectivity index (χ1v) is 24.5. The van der Waals surface area contributed by atoms with E-state index in [4.69, 9.17) is 0 Å². The minimum Gasteiger partial charge on any atom is -0.394 e. The molecule has 0 heterocycles. The van der Waals surface area contributed by atoms with Gasteiger partial charge in [0, 0.05) is 6.42 Å². The molecule has 0 radical (unpaired) electrons. The van der Waals surface area contributed by atoms with E-state index in [1.54, 1.807) is 6.08 Å². The third kappa shape index (κ3) is 44.4. The van der Waals surface area contributed by atoms with Crippen LogP contribution in [0.4, 0.5) is 0 Å². The fourth-order valence-corrected chi connectivity index (χ4v) is 6.86. The SMILES string of the molecule is CC/C=C\C/C=C\C/C=C\C/C=C\C/C=C\C/C=C\C/C=C\CCCCCCCCCCCCCCCCCC(=O)NC(CO)C(O)/C=C/CCCCCCCCC. The number of nitrogens with one attached hydrogen (secondary N) is 1. The zero-order chi connectivity index (χ0) is 42.1. The molecule has 0 saturated carbocycles. The maximum Gasteiger partial charge on any atom is 0.220 e. The molecule has 0 spiro atoms. The molecule has 0 rings (SSSR count). The van der Waals surface area contributed by atoms with Crippen molar-refractivity contribution in [2.24, 2.45) is 0 Å². The second-order valence-electron chi connectivity index (χ2n) is 16.1. The molecule has 0 aromatic heterocycles. The monoisotopic (exact) mass is 804 g/mol. The van der Waals surface area contributed by atoms with Crippen molar-refractivity contribution in [3.63, 3.8) is 0 Å². The van der Waals surface area contributed by atoms with E-state index in [0.717, 1.165) is 70.6 Å². The Balaban J connectivity index is 3.51. The minimum absolute atomic E-state index is 0.0702. The van der Waals surface area contributed by atoms with Gasteiger partial charge >= 0.3 is 0 Å². The molecule has 0 bridgehead atoms. The number of rotatable bonds is 43. The number of allylic oxidation sites excluding steroid dienone is 15. The third-order valence-corrected chi connectivity index (χ3v) is 10.6.